The van der Waals surface area contributed by atoms with Crippen LogP contribution in [0.15, 0.2) is 34.6 Å². The Morgan fingerprint density at radius 1 is 1.50 bits per heavy atom. The van der Waals surface area contributed by atoms with Gasteiger partial charge in [0.25, 0.3) is 5.56 Å². The summed E-state index contributed by atoms with van der Waals surface area (Å²) in [6.45, 7) is 2.39. The van der Waals surface area contributed by atoms with E-state index in [-0.39, 0.29) is 11.5 Å². The minimum atomic E-state index is -0.194. The number of piperidine rings is 1. The smallest absolute Gasteiger partial charge is 0.266 e. The molecule has 2 aromatic heterocycles. The van der Waals surface area contributed by atoms with Crippen molar-refractivity contribution in [1.82, 2.24) is 15.5 Å². The highest BCUT2D eigenvalue weighted by molar-refractivity contribution is 7.09. The van der Waals surface area contributed by atoms with Crippen molar-refractivity contribution in [3.8, 4) is 0 Å². The van der Waals surface area contributed by atoms with Crippen LogP contribution in [0.5, 0.6) is 0 Å². The third kappa shape index (κ3) is 4.67. The van der Waals surface area contributed by atoms with Gasteiger partial charge in [-0.05, 0) is 36.6 Å². The van der Waals surface area contributed by atoms with Gasteiger partial charge in [0.1, 0.15) is 0 Å². The number of rotatable bonds is 6. The molecule has 0 aromatic carbocycles. The summed E-state index contributed by atoms with van der Waals surface area (Å²) in [6.07, 6.45) is 5.17. The average molecular weight is 346 g/mol. The number of carbonyl (C=O) groups excluding carboxylic acids is 1. The second kappa shape index (κ2) is 8.10. The Morgan fingerprint density at radius 2 is 2.42 bits per heavy atom. The summed E-state index contributed by atoms with van der Waals surface area (Å²) in [6, 6.07) is 5.68. The van der Waals surface area contributed by atoms with Crippen LogP contribution in [-0.2, 0) is 11.2 Å². The van der Waals surface area contributed by atoms with E-state index >= 15 is 0 Å². The molecule has 2 aromatic rings. The summed E-state index contributed by atoms with van der Waals surface area (Å²) in [4.78, 5) is 27.0. The van der Waals surface area contributed by atoms with Crippen LogP contribution in [0.1, 0.15) is 24.1 Å². The fraction of sp³-hybridized carbons (Fsp3) is 0.471. The molecule has 7 heteroatoms. The fourth-order valence-electron chi connectivity index (χ4n) is 3.12. The third-order valence-electron chi connectivity index (χ3n) is 4.28. The molecule has 0 aliphatic carbocycles. The van der Waals surface area contributed by atoms with Crippen molar-refractivity contribution in [1.29, 1.82) is 0 Å². The lowest BCUT2D eigenvalue weighted by Gasteiger charge is -2.33. The third-order valence-corrected chi connectivity index (χ3v) is 5.22. The molecule has 0 bridgehead atoms. The lowest BCUT2D eigenvalue weighted by Crippen LogP contribution is -2.38. The summed E-state index contributed by atoms with van der Waals surface area (Å²) in [7, 11) is 0. The summed E-state index contributed by atoms with van der Waals surface area (Å²) in [5, 5.41) is 11.3. The molecule has 1 fully saturated rings. The minimum absolute atomic E-state index is 0.113. The number of aromatic amines is 1. The van der Waals surface area contributed by atoms with Gasteiger partial charge in [-0.1, -0.05) is 6.07 Å². The van der Waals surface area contributed by atoms with Gasteiger partial charge in [0.15, 0.2) is 0 Å². The largest absolute Gasteiger partial charge is 0.370 e. The van der Waals surface area contributed by atoms with Crippen LogP contribution in [0.2, 0.25) is 0 Å². The van der Waals surface area contributed by atoms with E-state index in [1.165, 1.54) is 4.88 Å². The van der Waals surface area contributed by atoms with Crippen molar-refractivity contribution in [3.05, 3.63) is 45.0 Å². The number of aromatic nitrogens is 2. The maximum absolute atomic E-state index is 12.1. The molecule has 1 unspecified atom stereocenters. The van der Waals surface area contributed by atoms with Gasteiger partial charge in [-0.15, -0.1) is 11.3 Å². The van der Waals surface area contributed by atoms with Gasteiger partial charge in [0, 0.05) is 37.0 Å². The highest BCUT2D eigenvalue weighted by atomic mass is 32.1. The van der Waals surface area contributed by atoms with Crippen LogP contribution in [0.4, 0.5) is 5.69 Å². The molecule has 3 rings (SSSR count). The zero-order valence-corrected chi connectivity index (χ0v) is 14.3. The number of anilines is 1. The van der Waals surface area contributed by atoms with Gasteiger partial charge in [0.2, 0.25) is 5.91 Å². The predicted molar refractivity (Wildman–Crippen MR) is 95.4 cm³/mol. The predicted octanol–water partition coefficient (Wildman–Crippen LogP) is 1.80. The number of carbonyl (C=O) groups is 1. The van der Waals surface area contributed by atoms with E-state index in [0.29, 0.717) is 18.9 Å². The monoisotopic (exact) mass is 346 g/mol. The number of hydrogen-bond acceptors (Lipinski definition) is 5. The molecule has 0 saturated carbocycles. The first-order chi connectivity index (χ1) is 11.7. The van der Waals surface area contributed by atoms with Crippen LogP contribution in [0.3, 0.4) is 0 Å². The number of nitrogens with zero attached hydrogens (tertiary/aromatic N) is 2. The molecular formula is C17H22N4O2S. The summed E-state index contributed by atoms with van der Waals surface area (Å²) >= 11 is 1.72. The highest BCUT2D eigenvalue weighted by Crippen LogP contribution is 2.23. The standard InChI is InChI=1S/C17H22N4O2S/c22-16(18-6-5-15-4-2-8-24-15)9-13-3-1-7-21(12-13)14-10-17(23)20-19-11-14/h2,4,8,10-11,13H,1,3,5-7,9,12H2,(H,18,22)(H,20,23). The van der Waals surface area contributed by atoms with Gasteiger partial charge in [-0.2, -0.15) is 5.10 Å². The molecule has 2 N–H and O–H groups in total. The number of nitrogens with one attached hydrogen (secondary N) is 2. The van der Waals surface area contributed by atoms with E-state index in [9.17, 15) is 9.59 Å². The van der Waals surface area contributed by atoms with Crippen LogP contribution in [-0.4, -0.2) is 35.7 Å². The summed E-state index contributed by atoms with van der Waals surface area (Å²) < 4.78 is 0. The molecular weight excluding hydrogens is 324 g/mol. The first-order valence-corrected chi connectivity index (χ1v) is 9.17. The maximum atomic E-state index is 12.1. The molecule has 1 atom stereocenters. The lowest BCUT2D eigenvalue weighted by molar-refractivity contribution is -0.122. The van der Waals surface area contributed by atoms with E-state index < -0.39 is 0 Å². The van der Waals surface area contributed by atoms with Crippen LogP contribution in [0, 0.1) is 5.92 Å². The van der Waals surface area contributed by atoms with Crippen molar-refractivity contribution < 1.29 is 4.79 Å². The molecule has 0 radical (unpaired) electrons. The average Bonchev–Trinajstić information content (AvgIpc) is 3.08. The van der Waals surface area contributed by atoms with Crippen LogP contribution >= 0.6 is 11.3 Å². The van der Waals surface area contributed by atoms with Crippen LogP contribution < -0.4 is 15.8 Å². The van der Waals surface area contributed by atoms with Gasteiger partial charge in [-0.25, -0.2) is 5.10 Å². The number of amides is 1. The second-order valence-corrected chi connectivity index (χ2v) is 7.17. The number of hydrogen-bond donors (Lipinski definition) is 2. The molecule has 24 heavy (non-hydrogen) atoms. The van der Waals surface area contributed by atoms with Gasteiger partial charge < -0.3 is 10.2 Å². The molecule has 1 aliphatic rings. The SMILES string of the molecule is O=C(CC1CCCN(c2cn[nH]c(=O)c2)C1)NCCc1cccs1. The van der Waals surface area contributed by atoms with E-state index in [2.05, 4.69) is 31.9 Å². The van der Waals surface area contributed by atoms with Crippen molar-refractivity contribution >= 4 is 22.9 Å². The van der Waals surface area contributed by atoms with E-state index in [0.717, 1.165) is 38.0 Å². The van der Waals surface area contributed by atoms with Crippen molar-refractivity contribution in [2.75, 3.05) is 24.5 Å². The lowest BCUT2D eigenvalue weighted by atomic mass is 9.94. The molecule has 0 spiro atoms. The van der Waals surface area contributed by atoms with Gasteiger partial charge in [-0.3, -0.25) is 9.59 Å². The normalized spacial score (nSPS) is 17.7. The van der Waals surface area contributed by atoms with E-state index in [1.54, 1.807) is 23.6 Å². The maximum Gasteiger partial charge on any atom is 0.266 e. The molecule has 128 valence electrons. The molecule has 1 amide bonds. The van der Waals surface area contributed by atoms with Crippen molar-refractivity contribution in [3.63, 3.8) is 0 Å². The van der Waals surface area contributed by atoms with Gasteiger partial charge >= 0.3 is 0 Å². The zero-order valence-electron chi connectivity index (χ0n) is 13.5. The van der Waals surface area contributed by atoms with E-state index in [4.69, 9.17) is 0 Å². The molecule has 1 saturated heterocycles. The summed E-state index contributed by atoms with van der Waals surface area (Å²) in [5.74, 6) is 0.433. The number of thiophene rings is 1. The Bertz CT molecular complexity index is 713. The number of H-pyrrole nitrogens is 1. The molecule has 3 heterocycles. The Hall–Kier alpha value is -2.15. The summed E-state index contributed by atoms with van der Waals surface area (Å²) in [5.41, 5.74) is 0.641. The molecule has 1 aliphatic heterocycles. The first kappa shape index (κ1) is 16.7. The highest BCUT2D eigenvalue weighted by Gasteiger charge is 2.22. The topological polar surface area (TPSA) is 78.1 Å². The Balaban J connectivity index is 1.46. The van der Waals surface area contributed by atoms with Crippen LogP contribution in [0.25, 0.3) is 0 Å². The molecule has 6 nitrogen and oxygen atoms in total. The minimum Gasteiger partial charge on any atom is -0.370 e. The first-order valence-electron chi connectivity index (χ1n) is 8.29. The zero-order chi connectivity index (χ0) is 16.8. The fourth-order valence-corrected chi connectivity index (χ4v) is 3.83. The Labute approximate surface area is 144 Å². The Kier molecular flexibility index (Phi) is 5.63. The van der Waals surface area contributed by atoms with Crippen molar-refractivity contribution in [2.24, 2.45) is 5.92 Å². The van der Waals surface area contributed by atoms with E-state index in [1.807, 2.05) is 6.07 Å². The Morgan fingerprint density at radius 3 is 3.21 bits per heavy atom. The quantitative estimate of drug-likeness (QED) is 0.836. The van der Waals surface area contributed by atoms with Gasteiger partial charge in [0.05, 0.1) is 11.9 Å². The van der Waals surface area contributed by atoms with Crippen molar-refractivity contribution in [2.45, 2.75) is 25.7 Å². The second-order valence-electron chi connectivity index (χ2n) is 6.14.